The third kappa shape index (κ3) is 4.98. The number of aryl methyl sites for hydroxylation is 3. The maximum absolute atomic E-state index is 12.8. The van der Waals surface area contributed by atoms with E-state index in [1.54, 1.807) is 36.4 Å². The van der Waals surface area contributed by atoms with Crippen LogP contribution in [0.25, 0.3) is 11.3 Å². The fourth-order valence-electron chi connectivity index (χ4n) is 3.37. The largest absolute Gasteiger partial charge is 0.495 e. The van der Waals surface area contributed by atoms with Gasteiger partial charge >= 0.3 is 0 Å². The molecule has 0 unspecified atom stereocenters. The zero-order valence-corrected chi connectivity index (χ0v) is 19.0. The van der Waals surface area contributed by atoms with Gasteiger partial charge in [-0.05, 0) is 56.7 Å². The number of rotatable bonds is 7. The second kappa shape index (κ2) is 9.47. The lowest BCUT2D eigenvalue weighted by Gasteiger charge is -2.12. The van der Waals surface area contributed by atoms with Crippen LogP contribution >= 0.6 is 0 Å². The first-order valence-corrected chi connectivity index (χ1v) is 10.5. The topological polar surface area (TPSA) is 107 Å². The smallest absolute Gasteiger partial charge is 0.273 e. The van der Waals surface area contributed by atoms with Crippen LogP contribution < -0.4 is 15.4 Å². The summed E-state index contributed by atoms with van der Waals surface area (Å²) < 4.78 is 6.93. The van der Waals surface area contributed by atoms with Gasteiger partial charge < -0.3 is 15.4 Å². The molecule has 4 aromatic rings. The van der Waals surface area contributed by atoms with Crippen LogP contribution in [0.15, 0.2) is 55.0 Å². The Morgan fingerprint density at radius 1 is 1.12 bits per heavy atom. The second-order valence-electron chi connectivity index (χ2n) is 7.47. The third-order valence-corrected chi connectivity index (χ3v) is 5.08. The Hall–Kier alpha value is -4.27. The molecule has 33 heavy (non-hydrogen) atoms. The summed E-state index contributed by atoms with van der Waals surface area (Å²) in [4.78, 5) is 25.9. The number of carbonyl (C=O) groups excluding carboxylic acids is 1. The van der Waals surface area contributed by atoms with Crippen LogP contribution in [0, 0.1) is 13.8 Å². The van der Waals surface area contributed by atoms with Gasteiger partial charge in [-0.2, -0.15) is 5.10 Å². The monoisotopic (exact) mass is 443 g/mol. The fourth-order valence-corrected chi connectivity index (χ4v) is 3.37. The highest BCUT2D eigenvalue weighted by atomic mass is 16.5. The van der Waals surface area contributed by atoms with E-state index in [4.69, 9.17) is 4.74 Å². The van der Waals surface area contributed by atoms with Crippen molar-refractivity contribution in [1.82, 2.24) is 24.7 Å². The minimum absolute atomic E-state index is 0.212. The molecule has 3 heterocycles. The molecule has 9 heteroatoms. The van der Waals surface area contributed by atoms with E-state index in [-0.39, 0.29) is 5.91 Å². The number of amides is 1. The highest BCUT2D eigenvalue weighted by molar-refractivity contribution is 6.03. The Kier molecular flexibility index (Phi) is 6.30. The molecule has 0 aliphatic rings. The van der Waals surface area contributed by atoms with Gasteiger partial charge in [-0.3, -0.25) is 14.5 Å². The predicted octanol–water partition coefficient (Wildman–Crippen LogP) is 4.38. The normalized spacial score (nSPS) is 10.7. The number of aromatic nitrogens is 5. The molecule has 0 bridgehead atoms. The molecular weight excluding hydrogens is 418 g/mol. The Bertz CT molecular complexity index is 1300. The van der Waals surface area contributed by atoms with Crippen LogP contribution in [-0.4, -0.2) is 37.7 Å². The Balaban J connectivity index is 1.55. The van der Waals surface area contributed by atoms with Crippen molar-refractivity contribution in [1.29, 1.82) is 0 Å². The summed E-state index contributed by atoms with van der Waals surface area (Å²) >= 11 is 0. The van der Waals surface area contributed by atoms with Crippen LogP contribution in [0.4, 0.5) is 17.3 Å². The molecule has 3 aromatic heterocycles. The summed E-state index contributed by atoms with van der Waals surface area (Å²) in [6.45, 7) is 6.41. The van der Waals surface area contributed by atoms with Gasteiger partial charge in [-0.1, -0.05) is 6.07 Å². The third-order valence-electron chi connectivity index (χ3n) is 5.08. The minimum Gasteiger partial charge on any atom is -0.495 e. The van der Waals surface area contributed by atoms with E-state index in [0.717, 1.165) is 22.5 Å². The zero-order chi connectivity index (χ0) is 23.4. The molecule has 0 radical (unpaired) electrons. The number of anilines is 3. The molecule has 0 atom stereocenters. The molecular formula is C24H25N7O2. The highest BCUT2D eigenvalue weighted by Crippen LogP contribution is 2.25. The van der Waals surface area contributed by atoms with E-state index in [2.05, 4.69) is 30.7 Å². The second-order valence-corrected chi connectivity index (χ2v) is 7.47. The molecule has 1 aromatic carbocycles. The molecule has 168 valence electrons. The van der Waals surface area contributed by atoms with Gasteiger partial charge in [0.15, 0.2) is 0 Å². The molecule has 1 amide bonds. The fraction of sp³-hybridized carbons (Fsp3) is 0.208. The lowest BCUT2D eigenvalue weighted by Crippen LogP contribution is -2.17. The van der Waals surface area contributed by atoms with Crippen LogP contribution in [0.1, 0.15) is 28.7 Å². The van der Waals surface area contributed by atoms with Gasteiger partial charge in [-0.15, -0.1) is 0 Å². The molecule has 2 N–H and O–H groups in total. The van der Waals surface area contributed by atoms with Gasteiger partial charge in [0.05, 0.1) is 24.7 Å². The number of nitrogens with one attached hydrogen (secondary N) is 2. The number of carbonyl (C=O) groups is 1. The number of hydrogen-bond acceptors (Lipinski definition) is 7. The van der Waals surface area contributed by atoms with Gasteiger partial charge in [0.1, 0.15) is 11.4 Å². The first-order valence-electron chi connectivity index (χ1n) is 10.5. The molecule has 0 fully saturated rings. The van der Waals surface area contributed by atoms with E-state index >= 15 is 0 Å². The van der Waals surface area contributed by atoms with Crippen LogP contribution in [0.5, 0.6) is 5.75 Å². The quantitative estimate of drug-likeness (QED) is 0.437. The maximum Gasteiger partial charge on any atom is 0.273 e. The number of ether oxygens (including phenoxy) is 1. The van der Waals surface area contributed by atoms with Gasteiger partial charge in [0.25, 0.3) is 5.91 Å². The van der Waals surface area contributed by atoms with Crippen molar-refractivity contribution < 1.29 is 9.53 Å². The first kappa shape index (κ1) is 21.9. The highest BCUT2D eigenvalue weighted by Gasteiger charge is 2.14. The van der Waals surface area contributed by atoms with E-state index in [9.17, 15) is 4.79 Å². The summed E-state index contributed by atoms with van der Waals surface area (Å²) in [6.07, 6.45) is 5.04. The summed E-state index contributed by atoms with van der Waals surface area (Å²) in [5, 5.41) is 10.5. The van der Waals surface area contributed by atoms with Crippen molar-refractivity contribution in [2.45, 2.75) is 27.3 Å². The zero-order valence-electron chi connectivity index (χ0n) is 19.0. The number of nitrogens with zero attached hydrogens (tertiary/aromatic N) is 5. The van der Waals surface area contributed by atoms with Crippen molar-refractivity contribution >= 4 is 23.2 Å². The van der Waals surface area contributed by atoms with Crippen LogP contribution in [0.3, 0.4) is 0 Å². The van der Waals surface area contributed by atoms with Crippen molar-refractivity contribution in [2.75, 3.05) is 17.7 Å². The molecule has 0 saturated carbocycles. The Morgan fingerprint density at radius 2 is 1.97 bits per heavy atom. The maximum atomic E-state index is 12.8. The van der Waals surface area contributed by atoms with E-state index < -0.39 is 0 Å². The van der Waals surface area contributed by atoms with Crippen LogP contribution in [0.2, 0.25) is 0 Å². The lowest BCUT2D eigenvalue weighted by atomic mass is 10.1. The van der Waals surface area contributed by atoms with Crippen molar-refractivity contribution in [2.24, 2.45) is 0 Å². The molecule has 0 aliphatic carbocycles. The predicted molar refractivity (Wildman–Crippen MR) is 127 cm³/mol. The average molecular weight is 444 g/mol. The summed E-state index contributed by atoms with van der Waals surface area (Å²) in [7, 11) is 1.60. The number of pyridine rings is 1. The molecule has 4 rings (SSSR count). The van der Waals surface area contributed by atoms with Gasteiger partial charge in [-0.25, -0.2) is 9.97 Å². The number of benzene rings is 1. The summed E-state index contributed by atoms with van der Waals surface area (Å²) in [5.74, 6) is 0.872. The van der Waals surface area contributed by atoms with Gasteiger partial charge in [0.2, 0.25) is 5.95 Å². The SMILES string of the molecule is CCn1nc(C)cc1C(=O)Nc1ccc(C)c(Nc2nccc(-c3cncc(OC)c3)n2)c1. The van der Waals surface area contributed by atoms with E-state index in [1.165, 1.54) is 0 Å². The van der Waals surface area contributed by atoms with Crippen LogP contribution in [-0.2, 0) is 6.54 Å². The van der Waals surface area contributed by atoms with E-state index in [0.29, 0.717) is 35.3 Å². The molecule has 0 aliphatic heterocycles. The minimum atomic E-state index is -0.212. The van der Waals surface area contributed by atoms with Gasteiger partial charge in [0, 0.05) is 35.9 Å². The van der Waals surface area contributed by atoms with E-state index in [1.807, 2.05) is 51.1 Å². The molecule has 9 nitrogen and oxygen atoms in total. The summed E-state index contributed by atoms with van der Waals surface area (Å²) in [5.41, 5.74) is 5.28. The number of hydrogen-bond donors (Lipinski definition) is 2. The molecule has 0 saturated heterocycles. The van der Waals surface area contributed by atoms with Crippen molar-refractivity contribution in [3.8, 4) is 17.0 Å². The Labute approximate surface area is 191 Å². The average Bonchev–Trinajstić information content (AvgIpc) is 3.22. The number of methoxy groups -OCH3 is 1. The molecule has 0 spiro atoms. The summed E-state index contributed by atoms with van der Waals surface area (Å²) in [6, 6.07) is 11.1. The lowest BCUT2D eigenvalue weighted by molar-refractivity contribution is 0.101. The Morgan fingerprint density at radius 3 is 2.76 bits per heavy atom. The standard InChI is InChI=1S/C24H25N7O2/c1-5-31-22(10-16(3)30-31)23(32)27-18-7-6-15(2)21(12-18)29-24-26-9-8-20(28-24)17-11-19(33-4)14-25-13-17/h6-14H,5H2,1-4H3,(H,27,32)(H,26,28,29). The van der Waals surface area contributed by atoms with Crippen molar-refractivity contribution in [3.63, 3.8) is 0 Å². The van der Waals surface area contributed by atoms with Crippen molar-refractivity contribution in [3.05, 3.63) is 71.9 Å². The first-order chi connectivity index (χ1) is 16.0.